The second-order valence-corrected chi connectivity index (χ2v) is 5.72. The number of aliphatic hydroxyl groups is 1. The monoisotopic (exact) mass is 288 g/mol. The number of likely N-dealkylation sites (N-methyl/N-ethyl adjacent to an activating group) is 1. The molecule has 1 unspecified atom stereocenters. The minimum Gasteiger partial charge on any atom is -0.389 e. The van der Waals surface area contributed by atoms with E-state index in [0.29, 0.717) is 38.4 Å². The Labute approximate surface area is 123 Å². The normalized spacial score (nSPS) is 25.1. The molecular weight excluding hydrogens is 256 g/mol. The van der Waals surface area contributed by atoms with Crippen LogP contribution in [-0.4, -0.2) is 75.3 Å². The highest BCUT2D eigenvalue weighted by atomic mass is 16.5. The van der Waals surface area contributed by atoms with Gasteiger partial charge in [-0.05, 0) is 39.3 Å². The number of nitrogens with zero attached hydrogens (tertiary/aromatic N) is 1. The van der Waals surface area contributed by atoms with Crippen LogP contribution < -0.4 is 5.32 Å². The van der Waals surface area contributed by atoms with Gasteiger partial charge in [0.1, 0.15) is 0 Å². The summed E-state index contributed by atoms with van der Waals surface area (Å²) >= 11 is 0. The van der Waals surface area contributed by atoms with Crippen LogP contribution in [0.4, 0.5) is 0 Å². The third-order valence-corrected chi connectivity index (χ3v) is 4.05. The van der Waals surface area contributed by atoms with E-state index in [1.165, 1.54) is 25.7 Å². The number of aliphatic hydroxyl groups excluding tert-OH is 1. The summed E-state index contributed by atoms with van der Waals surface area (Å²) < 4.78 is 10.3. The molecule has 0 amide bonds. The van der Waals surface area contributed by atoms with Gasteiger partial charge in [-0.15, -0.1) is 0 Å². The van der Waals surface area contributed by atoms with Crippen LogP contribution >= 0.6 is 0 Å². The molecular formula is C15H32N2O3. The van der Waals surface area contributed by atoms with Crippen LogP contribution in [0.15, 0.2) is 0 Å². The van der Waals surface area contributed by atoms with Crippen molar-refractivity contribution in [3.8, 4) is 0 Å². The fourth-order valence-electron chi connectivity index (χ4n) is 2.91. The molecule has 0 aromatic carbocycles. The minimum absolute atomic E-state index is 0.389. The van der Waals surface area contributed by atoms with Crippen molar-refractivity contribution in [2.24, 2.45) is 0 Å². The molecule has 20 heavy (non-hydrogen) atoms. The molecule has 0 aliphatic heterocycles. The van der Waals surface area contributed by atoms with Crippen LogP contribution in [0, 0.1) is 0 Å². The van der Waals surface area contributed by atoms with Crippen LogP contribution in [0.3, 0.4) is 0 Å². The molecule has 1 aliphatic carbocycles. The maximum atomic E-state index is 9.97. The molecule has 1 aliphatic rings. The number of rotatable bonds is 10. The lowest BCUT2D eigenvalue weighted by Gasteiger charge is -2.35. The summed E-state index contributed by atoms with van der Waals surface area (Å²) in [5.41, 5.74) is 0. The fraction of sp³-hybridized carbons (Fsp3) is 1.00. The van der Waals surface area contributed by atoms with Gasteiger partial charge in [0.15, 0.2) is 0 Å². The predicted octanol–water partition coefficient (Wildman–Crippen LogP) is 0.863. The summed E-state index contributed by atoms with van der Waals surface area (Å²) in [6.45, 7) is 5.42. The summed E-state index contributed by atoms with van der Waals surface area (Å²) in [5.74, 6) is 0. The van der Waals surface area contributed by atoms with E-state index in [9.17, 15) is 5.11 Å². The zero-order valence-corrected chi connectivity index (χ0v) is 13.3. The Bertz CT molecular complexity index is 233. The lowest BCUT2D eigenvalue weighted by Crippen LogP contribution is -2.44. The molecule has 0 heterocycles. The molecule has 0 radical (unpaired) electrons. The number of hydrogen-bond donors (Lipinski definition) is 2. The van der Waals surface area contributed by atoms with Crippen molar-refractivity contribution >= 4 is 0 Å². The quantitative estimate of drug-likeness (QED) is 0.584. The van der Waals surface area contributed by atoms with E-state index < -0.39 is 6.10 Å². The maximum absolute atomic E-state index is 9.97. The molecule has 0 saturated heterocycles. The van der Waals surface area contributed by atoms with Gasteiger partial charge in [0.05, 0.1) is 25.9 Å². The average Bonchev–Trinajstić information content (AvgIpc) is 2.45. The van der Waals surface area contributed by atoms with Crippen molar-refractivity contribution in [2.45, 2.75) is 50.8 Å². The first-order valence-electron chi connectivity index (χ1n) is 7.85. The van der Waals surface area contributed by atoms with Crippen LogP contribution in [0.25, 0.3) is 0 Å². The molecule has 0 spiro atoms. The van der Waals surface area contributed by atoms with E-state index in [0.717, 1.165) is 6.54 Å². The largest absolute Gasteiger partial charge is 0.389 e. The minimum atomic E-state index is -0.414. The van der Waals surface area contributed by atoms with Crippen molar-refractivity contribution in [3.63, 3.8) is 0 Å². The van der Waals surface area contributed by atoms with E-state index in [-0.39, 0.29) is 0 Å². The van der Waals surface area contributed by atoms with E-state index in [1.54, 1.807) is 7.11 Å². The molecule has 0 bridgehead atoms. The highest BCUT2D eigenvalue weighted by Crippen LogP contribution is 2.22. The highest BCUT2D eigenvalue weighted by molar-refractivity contribution is 4.82. The lowest BCUT2D eigenvalue weighted by molar-refractivity contribution is -0.00481. The third kappa shape index (κ3) is 6.99. The number of methoxy groups -OCH3 is 1. The van der Waals surface area contributed by atoms with Crippen LogP contribution in [-0.2, 0) is 9.47 Å². The second-order valence-electron chi connectivity index (χ2n) is 5.72. The first-order valence-corrected chi connectivity index (χ1v) is 7.85. The average molecular weight is 288 g/mol. The van der Waals surface area contributed by atoms with Gasteiger partial charge in [-0.1, -0.05) is 6.92 Å². The molecule has 0 aromatic heterocycles. The Morgan fingerprint density at radius 2 is 1.95 bits per heavy atom. The van der Waals surface area contributed by atoms with E-state index in [4.69, 9.17) is 9.47 Å². The molecule has 0 aromatic rings. The molecule has 2 N–H and O–H groups in total. The van der Waals surface area contributed by atoms with Crippen LogP contribution in [0.2, 0.25) is 0 Å². The van der Waals surface area contributed by atoms with Gasteiger partial charge in [0.25, 0.3) is 0 Å². The highest BCUT2D eigenvalue weighted by Gasteiger charge is 2.24. The maximum Gasteiger partial charge on any atom is 0.0900 e. The van der Waals surface area contributed by atoms with E-state index >= 15 is 0 Å². The second kappa shape index (κ2) is 10.5. The topological polar surface area (TPSA) is 54.0 Å². The Morgan fingerprint density at radius 3 is 2.55 bits per heavy atom. The van der Waals surface area contributed by atoms with Crippen molar-refractivity contribution in [1.29, 1.82) is 0 Å². The standard InChI is InChI=1S/C15H32N2O3/c1-4-16-13-5-7-14(8-6-13)17(2)11-15(18)12-20-10-9-19-3/h13-16,18H,4-12H2,1-3H3. The van der Waals surface area contributed by atoms with E-state index in [2.05, 4.69) is 24.2 Å². The third-order valence-electron chi connectivity index (χ3n) is 4.05. The fourth-order valence-corrected chi connectivity index (χ4v) is 2.91. The first-order chi connectivity index (χ1) is 9.67. The van der Waals surface area contributed by atoms with Crippen molar-refractivity contribution < 1.29 is 14.6 Å². The lowest BCUT2D eigenvalue weighted by atomic mass is 9.90. The zero-order valence-electron chi connectivity index (χ0n) is 13.3. The summed E-state index contributed by atoms with van der Waals surface area (Å²) in [5, 5.41) is 13.5. The molecule has 1 rings (SSSR count). The van der Waals surface area contributed by atoms with Gasteiger partial charge < -0.3 is 24.8 Å². The Balaban J connectivity index is 2.14. The smallest absolute Gasteiger partial charge is 0.0900 e. The SMILES string of the molecule is CCNC1CCC(N(C)CC(O)COCCOC)CC1. The van der Waals surface area contributed by atoms with Gasteiger partial charge in [0, 0.05) is 25.7 Å². The van der Waals surface area contributed by atoms with Crippen molar-refractivity contribution in [1.82, 2.24) is 10.2 Å². The Hall–Kier alpha value is -0.200. The van der Waals surface area contributed by atoms with E-state index in [1.807, 2.05) is 0 Å². The molecule has 5 heteroatoms. The van der Waals surface area contributed by atoms with Crippen LogP contribution in [0.1, 0.15) is 32.6 Å². The predicted molar refractivity (Wildman–Crippen MR) is 81.1 cm³/mol. The van der Waals surface area contributed by atoms with Crippen LogP contribution in [0.5, 0.6) is 0 Å². The molecule has 1 fully saturated rings. The summed E-state index contributed by atoms with van der Waals surface area (Å²) in [7, 11) is 3.76. The molecule has 1 atom stereocenters. The van der Waals surface area contributed by atoms with Gasteiger partial charge in [-0.25, -0.2) is 0 Å². The molecule has 5 nitrogen and oxygen atoms in total. The summed E-state index contributed by atoms with van der Waals surface area (Å²) in [6.07, 6.45) is 4.49. The Morgan fingerprint density at radius 1 is 1.25 bits per heavy atom. The zero-order chi connectivity index (χ0) is 14.8. The molecule has 1 saturated carbocycles. The van der Waals surface area contributed by atoms with Gasteiger partial charge in [0.2, 0.25) is 0 Å². The molecule has 120 valence electrons. The van der Waals surface area contributed by atoms with Gasteiger partial charge >= 0.3 is 0 Å². The first kappa shape index (κ1) is 17.9. The number of ether oxygens (including phenoxy) is 2. The summed E-state index contributed by atoms with van der Waals surface area (Å²) in [6, 6.07) is 1.28. The summed E-state index contributed by atoms with van der Waals surface area (Å²) in [4.78, 5) is 2.28. The number of hydrogen-bond acceptors (Lipinski definition) is 5. The van der Waals surface area contributed by atoms with Crippen molar-refractivity contribution in [3.05, 3.63) is 0 Å². The van der Waals surface area contributed by atoms with Gasteiger partial charge in [-0.3, -0.25) is 0 Å². The van der Waals surface area contributed by atoms with Gasteiger partial charge in [-0.2, -0.15) is 0 Å². The number of nitrogens with one attached hydrogen (secondary N) is 1. The Kier molecular flexibility index (Phi) is 9.39. The van der Waals surface area contributed by atoms with Crippen molar-refractivity contribution in [2.75, 3.05) is 47.1 Å².